The van der Waals surface area contributed by atoms with Crippen molar-refractivity contribution in [1.29, 1.82) is 0 Å². The monoisotopic (exact) mass is 399 g/mol. The number of hydrogen-bond acceptors (Lipinski definition) is 4. The van der Waals surface area contributed by atoms with Crippen LogP contribution in [0, 0.1) is 5.92 Å². The molecular formula is C19H23Cl2NO4. The first-order chi connectivity index (χ1) is 12.3. The minimum Gasteiger partial charge on any atom is -0.508 e. The first kappa shape index (κ1) is 19.3. The zero-order chi connectivity index (χ0) is 19.2. The Morgan fingerprint density at radius 1 is 1.38 bits per heavy atom. The van der Waals surface area contributed by atoms with Crippen LogP contribution in [-0.4, -0.2) is 33.8 Å². The number of rotatable bonds is 5. The van der Waals surface area contributed by atoms with Crippen LogP contribution in [0.5, 0.6) is 11.5 Å². The van der Waals surface area contributed by atoms with E-state index in [0.717, 1.165) is 19.3 Å². The summed E-state index contributed by atoms with van der Waals surface area (Å²) in [6.45, 7) is 4.34. The van der Waals surface area contributed by atoms with Gasteiger partial charge in [0.15, 0.2) is 0 Å². The number of aliphatic hydroxyl groups excluding tert-OH is 1. The van der Waals surface area contributed by atoms with E-state index >= 15 is 0 Å². The third kappa shape index (κ3) is 2.68. The lowest BCUT2D eigenvalue weighted by molar-refractivity contribution is -0.144. The van der Waals surface area contributed by atoms with Gasteiger partial charge in [0.05, 0.1) is 0 Å². The second-order valence-electron chi connectivity index (χ2n) is 7.08. The molecule has 0 aliphatic carbocycles. The fraction of sp³-hybridized carbons (Fsp3) is 0.526. The molecule has 0 radical (unpaired) electrons. The van der Waals surface area contributed by atoms with Gasteiger partial charge in [0.25, 0.3) is 11.6 Å². The molecule has 1 aromatic rings. The van der Waals surface area contributed by atoms with E-state index < -0.39 is 17.7 Å². The van der Waals surface area contributed by atoms with Crippen LogP contribution in [0.2, 0.25) is 0 Å². The number of ether oxygens (including phenoxy) is 1. The Hall–Kier alpha value is -1.43. The second-order valence-corrected chi connectivity index (χ2v) is 7.84. The van der Waals surface area contributed by atoms with Gasteiger partial charge in [-0.05, 0) is 30.9 Å². The summed E-state index contributed by atoms with van der Waals surface area (Å²) in [4.78, 5) is 13.4. The number of hydrogen-bond donors (Lipinski definition) is 2. The van der Waals surface area contributed by atoms with Crippen LogP contribution in [0.1, 0.15) is 50.3 Å². The lowest BCUT2D eigenvalue weighted by Gasteiger charge is -2.34. The molecule has 0 aromatic heterocycles. The van der Waals surface area contributed by atoms with Crippen LogP contribution in [0.3, 0.4) is 0 Å². The van der Waals surface area contributed by atoms with E-state index in [1.165, 1.54) is 11.9 Å². The number of phenols is 1. The van der Waals surface area contributed by atoms with Gasteiger partial charge in [-0.1, -0.05) is 49.9 Å². The van der Waals surface area contributed by atoms with Crippen LogP contribution in [0.25, 0.3) is 0 Å². The fourth-order valence-electron chi connectivity index (χ4n) is 3.58. The minimum atomic E-state index is -1.57. The number of aliphatic hydroxyl groups is 1. The summed E-state index contributed by atoms with van der Waals surface area (Å²) in [6, 6.07) is 3.13. The normalized spacial score (nSPS) is 25.8. The van der Waals surface area contributed by atoms with E-state index in [2.05, 4.69) is 13.8 Å². The van der Waals surface area contributed by atoms with Gasteiger partial charge in [-0.3, -0.25) is 9.69 Å². The summed E-state index contributed by atoms with van der Waals surface area (Å²) in [6.07, 6.45) is 2.42. The Labute approximate surface area is 163 Å². The molecule has 0 saturated carbocycles. The lowest BCUT2D eigenvalue weighted by Crippen LogP contribution is -2.51. The minimum absolute atomic E-state index is 0.0413. The molecule has 2 N–H and O–H groups in total. The Bertz CT molecular complexity index is 779. The molecule has 1 aromatic carbocycles. The van der Waals surface area contributed by atoms with Crippen molar-refractivity contribution in [3.8, 4) is 11.5 Å². The topological polar surface area (TPSA) is 70.0 Å². The Morgan fingerprint density at radius 2 is 2.08 bits per heavy atom. The predicted octanol–water partition coefficient (Wildman–Crippen LogP) is 4.04. The van der Waals surface area contributed by atoms with Crippen molar-refractivity contribution in [2.75, 3.05) is 7.05 Å². The highest BCUT2D eigenvalue weighted by Crippen LogP contribution is 2.56. The molecule has 0 saturated heterocycles. The standard InChI is InChI=1S/C19H23Cl2NO4/c1-4-10(2)6-5-7-11-13(23)9-8-12-15(11)26-19(17(12)24)16(21)14(20)18(25)22(19)3/h8-10,17,23-24H,4-7H2,1-3H3/t10-,17+,19-/m0/s1. The van der Waals surface area contributed by atoms with E-state index in [-0.39, 0.29) is 15.8 Å². The fourth-order valence-corrected chi connectivity index (χ4v) is 4.19. The van der Waals surface area contributed by atoms with Crippen LogP contribution in [-0.2, 0) is 11.2 Å². The van der Waals surface area contributed by atoms with E-state index in [0.29, 0.717) is 29.2 Å². The maximum absolute atomic E-state index is 12.2. The number of phenolic OH excluding ortho intramolecular Hbond substituents is 1. The van der Waals surface area contributed by atoms with Crippen LogP contribution in [0.4, 0.5) is 0 Å². The highest BCUT2D eigenvalue weighted by Gasteiger charge is 2.61. The highest BCUT2D eigenvalue weighted by molar-refractivity contribution is 6.50. The summed E-state index contributed by atoms with van der Waals surface area (Å²) in [5.41, 5.74) is -0.460. The molecule has 0 fully saturated rings. The summed E-state index contributed by atoms with van der Waals surface area (Å²) in [5, 5.41) is 21.0. The average Bonchev–Trinajstić information content (AvgIpc) is 3.01. The number of fused-ring (bicyclic) bond motifs is 1. The third-order valence-corrected chi connectivity index (χ3v) is 6.41. The van der Waals surface area contributed by atoms with Crippen molar-refractivity contribution in [3.63, 3.8) is 0 Å². The lowest BCUT2D eigenvalue weighted by atomic mass is 9.95. The van der Waals surface area contributed by atoms with Crippen molar-refractivity contribution in [3.05, 3.63) is 33.3 Å². The van der Waals surface area contributed by atoms with Gasteiger partial charge in [-0.25, -0.2) is 0 Å². The number of halogens is 2. The van der Waals surface area contributed by atoms with E-state index in [1.807, 2.05) is 0 Å². The van der Waals surface area contributed by atoms with Gasteiger partial charge < -0.3 is 14.9 Å². The molecule has 1 amide bonds. The molecule has 1 spiro atoms. The van der Waals surface area contributed by atoms with Crippen LogP contribution in [0.15, 0.2) is 22.2 Å². The molecule has 7 heteroatoms. The van der Waals surface area contributed by atoms with Gasteiger partial charge in [0.1, 0.15) is 27.7 Å². The second kappa shape index (κ2) is 6.95. The SMILES string of the molecule is CC[C@H](C)CCCc1c(O)ccc2c1O[C@@]1(C(Cl)=C(Cl)C(=O)N1C)[C@@H]2O. The van der Waals surface area contributed by atoms with Gasteiger partial charge in [0, 0.05) is 18.2 Å². The molecular weight excluding hydrogens is 377 g/mol. The number of carbonyl (C=O) groups excluding carboxylic acids is 1. The van der Waals surface area contributed by atoms with E-state index in [4.69, 9.17) is 27.9 Å². The first-order valence-electron chi connectivity index (χ1n) is 8.81. The number of benzene rings is 1. The average molecular weight is 400 g/mol. The largest absolute Gasteiger partial charge is 0.508 e. The number of nitrogens with zero attached hydrogens (tertiary/aromatic N) is 1. The first-order valence-corrected chi connectivity index (χ1v) is 9.57. The van der Waals surface area contributed by atoms with Crippen molar-refractivity contribution in [1.82, 2.24) is 4.90 Å². The summed E-state index contributed by atoms with van der Waals surface area (Å²) in [5.74, 6) is 0.578. The van der Waals surface area contributed by atoms with Gasteiger partial charge in [-0.2, -0.15) is 0 Å². The summed E-state index contributed by atoms with van der Waals surface area (Å²) < 4.78 is 6.05. The molecule has 5 nitrogen and oxygen atoms in total. The predicted molar refractivity (Wildman–Crippen MR) is 100 cm³/mol. The number of aromatic hydroxyl groups is 1. The molecule has 2 heterocycles. The molecule has 142 valence electrons. The van der Waals surface area contributed by atoms with E-state index in [9.17, 15) is 15.0 Å². The Kier molecular flexibility index (Phi) is 5.17. The van der Waals surface area contributed by atoms with E-state index in [1.54, 1.807) is 12.1 Å². The Morgan fingerprint density at radius 3 is 2.65 bits per heavy atom. The molecule has 3 atom stereocenters. The molecule has 0 unspecified atom stereocenters. The molecule has 0 bridgehead atoms. The summed E-state index contributed by atoms with van der Waals surface area (Å²) in [7, 11) is 1.48. The smallest absolute Gasteiger partial charge is 0.269 e. The summed E-state index contributed by atoms with van der Waals surface area (Å²) >= 11 is 12.3. The quantitative estimate of drug-likeness (QED) is 0.783. The molecule has 2 aliphatic rings. The van der Waals surface area contributed by atoms with Crippen molar-refractivity contribution < 1.29 is 19.7 Å². The maximum atomic E-state index is 12.2. The van der Waals surface area contributed by atoms with Crippen molar-refractivity contribution >= 4 is 29.1 Å². The number of carbonyl (C=O) groups is 1. The van der Waals surface area contributed by atoms with Gasteiger partial charge in [0.2, 0.25) is 0 Å². The highest BCUT2D eigenvalue weighted by atomic mass is 35.5. The molecule has 2 aliphatic heterocycles. The Balaban J connectivity index is 1.97. The van der Waals surface area contributed by atoms with Crippen LogP contribution < -0.4 is 4.74 Å². The van der Waals surface area contributed by atoms with Gasteiger partial charge in [-0.15, -0.1) is 0 Å². The van der Waals surface area contributed by atoms with Gasteiger partial charge >= 0.3 is 0 Å². The number of amides is 1. The zero-order valence-corrected chi connectivity index (χ0v) is 16.6. The third-order valence-electron chi connectivity index (χ3n) is 5.51. The zero-order valence-electron chi connectivity index (χ0n) is 15.1. The van der Waals surface area contributed by atoms with Crippen molar-refractivity contribution in [2.45, 2.75) is 51.4 Å². The van der Waals surface area contributed by atoms with Crippen molar-refractivity contribution in [2.24, 2.45) is 5.92 Å². The molecule has 3 rings (SSSR count). The molecule has 26 heavy (non-hydrogen) atoms. The van der Waals surface area contributed by atoms with Crippen LogP contribution >= 0.6 is 23.2 Å². The number of likely N-dealkylation sites (N-methyl/N-ethyl adjacent to an activating group) is 1. The maximum Gasteiger partial charge on any atom is 0.269 e.